The van der Waals surface area contributed by atoms with Crippen molar-refractivity contribution in [2.24, 2.45) is 0 Å². The van der Waals surface area contributed by atoms with E-state index in [1.165, 1.54) is 77.0 Å². The molecule has 0 aromatic rings. The van der Waals surface area contributed by atoms with Crippen molar-refractivity contribution in [3.8, 4) is 0 Å². The number of ether oxygens (including phenoxy) is 3. The van der Waals surface area contributed by atoms with Crippen molar-refractivity contribution in [1.29, 1.82) is 0 Å². The van der Waals surface area contributed by atoms with Gasteiger partial charge in [0.15, 0.2) is 6.10 Å². The van der Waals surface area contributed by atoms with Crippen LogP contribution in [0.2, 0.25) is 0 Å². The highest BCUT2D eigenvalue weighted by Gasteiger charge is 2.19. The zero-order chi connectivity index (χ0) is 51.4. The second kappa shape index (κ2) is 58.6. The number of carbonyl (C=O) groups is 3. The Morgan fingerprint density at radius 3 is 0.859 bits per heavy atom. The van der Waals surface area contributed by atoms with Gasteiger partial charge in [-0.1, -0.05) is 226 Å². The summed E-state index contributed by atoms with van der Waals surface area (Å²) >= 11 is 0. The molecule has 0 radical (unpaired) electrons. The van der Waals surface area contributed by atoms with E-state index in [1.54, 1.807) is 0 Å². The van der Waals surface area contributed by atoms with Crippen LogP contribution in [0.4, 0.5) is 0 Å². The van der Waals surface area contributed by atoms with Crippen LogP contribution >= 0.6 is 0 Å². The van der Waals surface area contributed by atoms with Crippen molar-refractivity contribution in [1.82, 2.24) is 0 Å². The Labute approximate surface area is 438 Å². The van der Waals surface area contributed by atoms with Crippen LogP contribution in [0.15, 0.2) is 109 Å². The molecule has 0 rings (SSSR count). The zero-order valence-electron chi connectivity index (χ0n) is 46.2. The molecule has 0 spiro atoms. The van der Waals surface area contributed by atoms with E-state index in [0.717, 1.165) is 148 Å². The largest absolute Gasteiger partial charge is 0.462 e. The van der Waals surface area contributed by atoms with Crippen LogP contribution in [0.5, 0.6) is 0 Å². The number of rotatable bonds is 52. The first-order chi connectivity index (χ1) is 35.0. The minimum Gasteiger partial charge on any atom is -0.462 e. The van der Waals surface area contributed by atoms with Gasteiger partial charge in [0.2, 0.25) is 0 Å². The normalized spacial score (nSPS) is 12.9. The van der Waals surface area contributed by atoms with Crippen molar-refractivity contribution < 1.29 is 28.6 Å². The van der Waals surface area contributed by atoms with Crippen molar-refractivity contribution in [3.63, 3.8) is 0 Å². The molecule has 0 heterocycles. The fraction of sp³-hybridized carbons (Fsp3) is 0.677. The maximum absolute atomic E-state index is 12.9. The molecular weight excluding hydrogens is 877 g/mol. The number of hydrogen-bond acceptors (Lipinski definition) is 6. The molecular formula is C65H108O6. The molecule has 0 saturated carbocycles. The third-order valence-electron chi connectivity index (χ3n) is 12.2. The SMILES string of the molecule is CC/C=C\C/C=C\C/C=C\C/C=C\C/C=C\CCCCCCCC(=O)OCC(COC(=O)CCCCCCC/C=C\C/C=C\CCCCC)OC(=O)CCCCCCCCC/C=C\C/C=C\CCCCC. The van der Waals surface area contributed by atoms with Crippen LogP contribution < -0.4 is 0 Å². The predicted octanol–water partition coefficient (Wildman–Crippen LogP) is 19.9. The molecule has 0 saturated heterocycles. The Hall–Kier alpha value is -3.93. The molecule has 0 aromatic heterocycles. The Balaban J connectivity index is 4.46. The lowest BCUT2D eigenvalue weighted by atomic mass is 10.1. The lowest BCUT2D eigenvalue weighted by Gasteiger charge is -2.18. The summed E-state index contributed by atoms with van der Waals surface area (Å²) in [5.74, 6) is -0.934. The first-order valence-electron chi connectivity index (χ1n) is 29.4. The second-order valence-corrected chi connectivity index (χ2v) is 19.2. The smallest absolute Gasteiger partial charge is 0.306 e. The van der Waals surface area contributed by atoms with E-state index in [2.05, 4.69) is 130 Å². The Kier molecular flexibility index (Phi) is 55.4. The second-order valence-electron chi connectivity index (χ2n) is 19.2. The quantitative estimate of drug-likeness (QED) is 0.0261. The third-order valence-corrected chi connectivity index (χ3v) is 12.2. The van der Waals surface area contributed by atoms with Gasteiger partial charge in [0.1, 0.15) is 13.2 Å². The molecule has 0 bridgehead atoms. The Bertz CT molecular complexity index is 1460. The highest BCUT2D eigenvalue weighted by atomic mass is 16.6. The van der Waals surface area contributed by atoms with Crippen LogP contribution in [0.1, 0.15) is 265 Å². The Morgan fingerprint density at radius 1 is 0.296 bits per heavy atom. The molecule has 1 unspecified atom stereocenters. The van der Waals surface area contributed by atoms with E-state index < -0.39 is 6.10 Å². The van der Waals surface area contributed by atoms with Gasteiger partial charge >= 0.3 is 17.9 Å². The average Bonchev–Trinajstić information content (AvgIpc) is 3.37. The molecule has 0 aliphatic heterocycles. The highest BCUT2D eigenvalue weighted by Crippen LogP contribution is 2.14. The first kappa shape index (κ1) is 67.1. The van der Waals surface area contributed by atoms with Gasteiger partial charge in [0.05, 0.1) is 0 Å². The third kappa shape index (κ3) is 56.9. The first-order valence-corrected chi connectivity index (χ1v) is 29.4. The van der Waals surface area contributed by atoms with Crippen LogP contribution in [0, 0.1) is 0 Å². The van der Waals surface area contributed by atoms with Crippen molar-refractivity contribution >= 4 is 17.9 Å². The lowest BCUT2D eigenvalue weighted by molar-refractivity contribution is -0.167. The molecule has 0 amide bonds. The topological polar surface area (TPSA) is 78.9 Å². The van der Waals surface area contributed by atoms with Gasteiger partial charge in [-0.3, -0.25) is 14.4 Å². The summed E-state index contributed by atoms with van der Waals surface area (Å²) in [4.78, 5) is 38.2. The minimum atomic E-state index is -0.799. The van der Waals surface area contributed by atoms with Crippen molar-refractivity contribution in [2.75, 3.05) is 13.2 Å². The van der Waals surface area contributed by atoms with E-state index in [0.29, 0.717) is 19.3 Å². The number of esters is 3. The van der Waals surface area contributed by atoms with Crippen molar-refractivity contribution in [3.05, 3.63) is 109 Å². The fourth-order valence-electron chi connectivity index (χ4n) is 7.82. The highest BCUT2D eigenvalue weighted by molar-refractivity contribution is 5.71. The number of hydrogen-bond donors (Lipinski definition) is 0. The van der Waals surface area contributed by atoms with Gasteiger partial charge in [0.25, 0.3) is 0 Å². The van der Waals surface area contributed by atoms with Gasteiger partial charge in [-0.2, -0.15) is 0 Å². The summed E-state index contributed by atoms with van der Waals surface area (Å²) in [6.45, 7) is 6.44. The molecule has 0 N–H and O–H groups in total. The molecule has 404 valence electrons. The summed E-state index contributed by atoms with van der Waals surface area (Å²) in [5, 5.41) is 0. The van der Waals surface area contributed by atoms with Crippen LogP contribution in [0.25, 0.3) is 0 Å². The molecule has 6 heteroatoms. The van der Waals surface area contributed by atoms with Crippen LogP contribution in [-0.4, -0.2) is 37.2 Å². The molecule has 0 aliphatic carbocycles. The monoisotopic (exact) mass is 985 g/mol. The van der Waals surface area contributed by atoms with E-state index in [1.807, 2.05) is 0 Å². The zero-order valence-corrected chi connectivity index (χ0v) is 46.2. The van der Waals surface area contributed by atoms with Crippen LogP contribution in [0.3, 0.4) is 0 Å². The predicted molar refractivity (Wildman–Crippen MR) is 307 cm³/mol. The average molecular weight is 986 g/mol. The van der Waals surface area contributed by atoms with Gasteiger partial charge in [-0.15, -0.1) is 0 Å². The maximum atomic E-state index is 12.9. The summed E-state index contributed by atoms with van der Waals surface area (Å²) < 4.78 is 16.9. The summed E-state index contributed by atoms with van der Waals surface area (Å²) in [7, 11) is 0. The van der Waals surface area contributed by atoms with Gasteiger partial charge in [-0.25, -0.2) is 0 Å². The molecule has 0 fully saturated rings. The van der Waals surface area contributed by atoms with E-state index in [9.17, 15) is 14.4 Å². The molecule has 0 aliphatic rings. The summed E-state index contributed by atoms with van der Waals surface area (Å²) in [6.07, 6.45) is 79.3. The van der Waals surface area contributed by atoms with Gasteiger partial charge < -0.3 is 14.2 Å². The number of carbonyl (C=O) groups excluding carboxylic acids is 3. The van der Waals surface area contributed by atoms with E-state index in [-0.39, 0.29) is 31.1 Å². The fourth-order valence-corrected chi connectivity index (χ4v) is 7.82. The summed E-state index contributed by atoms with van der Waals surface area (Å²) in [5.41, 5.74) is 0. The minimum absolute atomic E-state index is 0.0963. The molecule has 6 nitrogen and oxygen atoms in total. The maximum Gasteiger partial charge on any atom is 0.306 e. The number of unbranched alkanes of at least 4 members (excludes halogenated alkanes) is 23. The lowest BCUT2D eigenvalue weighted by Crippen LogP contribution is -2.30. The standard InChI is InChI=1S/C65H108O6/c1-4-7-10-13-16-19-22-25-28-30-31-32-33-35-37-40-43-46-49-52-55-58-64(67)70-61-62(60-69-63(66)57-54-51-48-45-42-39-36-27-24-21-18-15-12-9-6-3)71-65(68)59-56-53-50-47-44-41-38-34-29-26-23-20-17-14-11-8-5-2/h7,10,16-21,25-29,31-32,35-37,62H,4-6,8-9,11-15,22-24,30,33-34,38-61H2,1-3H3/b10-7-,19-16-,20-17-,21-18-,28-25-,29-26-,32-31-,36-27-,37-35-. The molecule has 1 atom stereocenters. The van der Waals surface area contributed by atoms with Crippen molar-refractivity contribution in [2.45, 2.75) is 271 Å². The van der Waals surface area contributed by atoms with Crippen LogP contribution in [-0.2, 0) is 28.6 Å². The van der Waals surface area contributed by atoms with E-state index in [4.69, 9.17) is 14.2 Å². The van der Waals surface area contributed by atoms with Gasteiger partial charge in [0, 0.05) is 19.3 Å². The molecule has 0 aromatic carbocycles. The molecule has 71 heavy (non-hydrogen) atoms. The van der Waals surface area contributed by atoms with E-state index >= 15 is 0 Å². The van der Waals surface area contributed by atoms with Gasteiger partial charge in [-0.05, 0) is 128 Å². The summed E-state index contributed by atoms with van der Waals surface area (Å²) in [6, 6.07) is 0. The Morgan fingerprint density at radius 2 is 0.549 bits per heavy atom. The number of allylic oxidation sites excluding steroid dienone is 18.